The maximum atomic E-state index is 5.55. The van der Waals surface area contributed by atoms with Gasteiger partial charge < -0.3 is 10.2 Å². The molecule has 2 N–H and O–H groups in total. The molecule has 0 spiro atoms. The maximum absolute atomic E-state index is 5.55. The highest BCUT2D eigenvalue weighted by Gasteiger charge is 2.07. The van der Waals surface area contributed by atoms with E-state index < -0.39 is 0 Å². The van der Waals surface area contributed by atoms with Crippen LogP contribution in [-0.4, -0.2) is 4.98 Å². The van der Waals surface area contributed by atoms with Crippen LogP contribution in [0.5, 0.6) is 0 Å². The Morgan fingerprint density at radius 3 is 2.33 bits per heavy atom. The van der Waals surface area contributed by atoms with Crippen molar-refractivity contribution in [3.8, 4) is 0 Å². The molecule has 0 unspecified atom stereocenters. The average Bonchev–Trinajstić information content (AvgIpc) is 2.69. The van der Waals surface area contributed by atoms with Gasteiger partial charge in [-0.05, 0) is 18.9 Å². The number of hydrogen-bond acceptors (Lipinski definition) is 3. The van der Waals surface area contributed by atoms with Crippen molar-refractivity contribution in [1.29, 1.82) is 0 Å². The van der Waals surface area contributed by atoms with Crippen LogP contribution >= 0.6 is 24.8 Å². The Bertz CT molecular complexity index is 457. The first-order valence-electron chi connectivity index (χ1n) is 5.49. The van der Waals surface area contributed by atoms with E-state index in [0.29, 0.717) is 6.54 Å². The summed E-state index contributed by atoms with van der Waals surface area (Å²) in [4.78, 5) is 4.35. The van der Waals surface area contributed by atoms with Gasteiger partial charge in [0.15, 0.2) is 5.89 Å². The molecule has 5 heteroatoms. The third-order valence-electron chi connectivity index (χ3n) is 2.59. The van der Waals surface area contributed by atoms with Gasteiger partial charge in [-0.15, -0.1) is 24.8 Å². The molecule has 3 nitrogen and oxygen atoms in total. The molecule has 0 saturated heterocycles. The molecule has 0 bridgehead atoms. The summed E-state index contributed by atoms with van der Waals surface area (Å²) in [5, 5.41) is 0. The van der Waals surface area contributed by atoms with Crippen molar-refractivity contribution in [2.45, 2.75) is 26.3 Å². The molecule has 0 radical (unpaired) electrons. The van der Waals surface area contributed by atoms with Crippen LogP contribution in [0, 0.1) is 6.92 Å². The van der Waals surface area contributed by atoms with Crippen molar-refractivity contribution in [2.75, 3.05) is 0 Å². The molecule has 1 heterocycles. The van der Waals surface area contributed by atoms with E-state index in [9.17, 15) is 0 Å². The second-order valence-corrected chi connectivity index (χ2v) is 3.81. The van der Waals surface area contributed by atoms with Crippen molar-refractivity contribution < 1.29 is 4.42 Å². The van der Waals surface area contributed by atoms with Crippen molar-refractivity contribution >= 4 is 24.8 Å². The summed E-state index contributed by atoms with van der Waals surface area (Å²) in [6.45, 7) is 2.35. The van der Waals surface area contributed by atoms with E-state index in [4.69, 9.17) is 10.2 Å². The molecule has 100 valence electrons. The third-order valence-corrected chi connectivity index (χ3v) is 2.59. The lowest BCUT2D eigenvalue weighted by molar-refractivity contribution is 0.455. The van der Waals surface area contributed by atoms with E-state index in [1.54, 1.807) is 0 Å². The zero-order chi connectivity index (χ0) is 11.4. The minimum Gasteiger partial charge on any atom is -0.444 e. The van der Waals surface area contributed by atoms with Crippen LogP contribution in [0.2, 0.25) is 0 Å². The second-order valence-electron chi connectivity index (χ2n) is 3.81. The van der Waals surface area contributed by atoms with Crippen molar-refractivity contribution in [1.82, 2.24) is 4.98 Å². The first-order valence-corrected chi connectivity index (χ1v) is 5.49. The lowest BCUT2D eigenvalue weighted by Crippen LogP contribution is -1.95. The maximum Gasteiger partial charge on any atom is 0.195 e. The molecule has 18 heavy (non-hydrogen) atoms. The predicted octanol–water partition coefficient (Wildman–Crippen LogP) is 3.07. The Morgan fingerprint density at radius 1 is 1.11 bits per heavy atom. The fourth-order valence-electron chi connectivity index (χ4n) is 1.68. The van der Waals surface area contributed by atoms with Gasteiger partial charge in [-0.2, -0.15) is 0 Å². The van der Waals surface area contributed by atoms with Gasteiger partial charge in [0.25, 0.3) is 0 Å². The van der Waals surface area contributed by atoms with Crippen LogP contribution < -0.4 is 5.73 Å². The average molecular weight is 289 g/mol. The van der Waals surface area contributed by atoms with Gasteiger partial charge in [-0.1, -0.05) is 30.3 Å². The van der Waals surface area contributed by atoms with Crippen LogP contribution in [0.1, 0.15) is 22.9 Å². The van der Waals surface area contributed by atoms with Crippen molar-refractivity contribution in [3.05, 3.63) is 53.2 Å². The molecule has 0 aliphatic rings. The Morgan fingerprint density at radius 2 is 1.78 bits per heavy atom. The number of nitrogens with two attached hydrogens (primary N) is 1. The van der Waals surface area contributed by atoms with E-state index in [1.165, 1.54) is 5.56 Å². The van der Waals surface area contributed by atoms with Crippen LogP contribution in [0.15, 0.2) is 34.7 Å². The smallest absolute Gasteiger partial charge is 0.195 e. The van der Waals surface area contributed by atoms with Gasteiger partial charge >= 0.3 is 0 Å². The van der Waals surface area contributed by atoms with Crippen LogP contribution in [-0.2, 0) is 19.4 Å². The van der Waals surface area contributed by atoms with Gasteiger partial charge in [0.1, 0.15) is 5.76 Å². The number of aryl methyl sites for hydroxylation is 3. The number of oxazole rings is 1. The Labute approximate surface area is 120 Å². The highest BCUT2D eigenvalue weighted by atomic mass is 35.5. The van der Waals surface area contributed by atoms with Gasteiger partial charge in [0, 0.05) is 6.42 Å². The summed E-state index contributed by atoms with van der Waals surface area (Å²) < 4.78 is 5.55. The molecule has 0 saturated carbocycles. The van der Waals surface area contributed by atoms with E-state index in [0.717, 1.165) is 30.2 Å². The second kappa shape index (κ2) is 8.14. The highest BCUT2D eigenvalue weighted by Crippen LogP contribution is 2.12. The van der Waals surface area contributed by atoms with Crippen LogP contribution in [0.4, 0.5) is 0 Å². The highest BCUT2D eigenvalue weighted by molar-refractivity contribution is 5.85. The quantitative estimate of drug-likeness (QED) is 0.941. The van der Waals surface area contributed by atoms with Crippen LogP contribution in [0.25, 0.3) is 0 Å². The van der Waals surface area contributed by atoms with E-state index in [2.05, 4.69) is 17.1 Å². The number of nitrogens with zero attached hydrogens (tertiary/aromatic N) is 1. The summed E-state index contributed by atoms with van der Waals surface area (Å²) in [7, 11) is 0. The molecule has 2 aromatic rings. The predicted molar refractivity (Wildman–Crippen MR) is 77.5 cm³/mol. The topological polar surface area (TPSA) is 52.0 Å². The molecule has 1 aromatic heterocycles. The van der Waals surface area contributed by atoms with E-state index in [1.807, 2.05) is 25.1 Å². The Kier molecular flexibility index (Phi) is 7.67. The number of hydrogen-bond donors (Lipinski definition) is 1. The van der Waals surface area contributed by atoms with Gasteiger partial charge in [-0.3, -0.25) is 0 Å². The van der Waals surface area contributed by atoms with E-state index in [-0.39, 0.29) is 24.8 Å². The normalized spacial score (nSPS) is 9.44. The number of aromatic nitrogens is 1. The number of benzene rings is 1. The first kappa shape index (κ1) is 17.0. The lowest BCUT2D eigenvalue weighted by Gasteiger charge is -1.97. The van der Waals surface area contributed by atoms with Crippen LogP contribution in [0.3, 0.4) is 0 Å². The molecule has 0 amide bonds. The summed E-state index contributed by atoms with van der Waals surface area (Å²) in [6, 6.07) is 10.3. The number of rotatable bonds is 4. The van der Waals surface area contributed by atoms with Gasteiger partial charge in [0.05, 0.1) is 12.2 Å². The monoisotopic (exact) mass is 288 g/mol. The molecule has 2 rings (SSSR count). The lowest BCUT2D eigenvalue weighted by atomic mass is 10.1. The van der Waals surface area contributed by atoms with Crippen molar-refractivity contribution in [2.24, 2.45) is 5.73 Å². The third kappa shape index (κ3) is 4.33. The fourth-order valence-corrected chi connectivity index (χ4v) is 1.68. The van der Waals surface area contributed by atoms with Gasteiger partial charge in [0.2, 0.25) is 0 Å². The zero-order valence-electron chi connectivity index (χ0n) is 10.3. The molecule has 0 fully saturated rings. The summed E-state index contributed by atoms with van der Waals surface area (Å²) in [6.07, 6.45) is 1.77. The molecule has 0 atom stereocenters. The molecular formula is C13H18Cl2N2O. The molecule has 1 aromatic carbocycles. The van der Waals surface area contributed by atoms with Gasteiger partial charge in [-0.25, -0.2) is 4.98 Å². The summed E-state index contributed by atoms with van der Waals surface area (Å²) in [5.74, 6) is 1.57. The Hall–Kier alpha value is -1.03. The minimum absolute atomic E-state index is 0. The van der Waals surface area contributed by atoms with E-state index >= 15 is 0 Å². The summed E-state index contributed by atoms with van der Waals surface area (Å²) >= 11 is 0. The molecule has 0 aliphatic heterocycles. The first-order chi connectivity index (χ1) is 7.79. The fraction of sp³-hybridized carbons (Fsp3) is 0.308. The van der Waals surface area contributed by atoms with Crippen molar-refractivity contribution in [3.63, 3.8) is 0 Å². The molecule has 0 aliphatic carbocycles. The standard InChI is InChI=1S/C13H16N2O.2ClH/c1-10-12(9-14)16-13(15-10)8-7-11-5-3-2-4-6-11;;/h2-6H,7-9,14H2,1H3;2*1H. The molecular weight excluding hydrogens is 271 g/mol. The summed E-state index contributed by atoms with van der Waals surface area (Å²) in [5.41, 5.74) is 7.74. The number of halogens is 2. The Balaban J connectivity index is 0.00000144. The minimum atomic E-state index is 0. The SMILES string of the molecule is Cc1nc(CCc2ccccc2)oc1CN.Cl.Cl. The zero-order valence-corrected chi connectivity index (χ0v) is 11.9. The largest absolute Gasteiger partial charge is 0.444 e.